The lowest BCUT2D eigenvalue weighted by Gasteiger charge is -2.05. The van der Waals surface area contributed by atoms with Crippen molar-refractivity contribution in [1.29, 1.82) is 0 Å². The molecule has 1 nitrogen and oxygen atoms in total. The highest BCUT2D eigenvalue weighted by molar-refractivity contribution is 6.29. The van der Waals surface area contributed by atoms with Crippen molar-refractivity contribution >= 4 is 11.6 Å². The number of benzene rings is 1. The molecule has 0 saturated carbocycles. The minimum Gasteiger partial charge on any atom is -0.241 e. The topological polar surface area (TPSA) is 12.9 Å². The molecule has 76 valence electrons. The Labute approximate surface area is 92.5 Å². The Morgan fingerprint density at radius 2 is 1.73 bits per heavy atom. The first-order valence-corrected chi connectivity index (χ1v) is 4.94. The van der Waals surface area contributed by atoms with E-state index in [4.69, 9.17) is 11.6 Å². The zero-order valence-electron chi connectivity index (χ0n) is 8.17. The molecule has 1 aromatic heterocycles. The highest BCUT2D eigenvalue weighted by Crippen LogP contribution is 2.23. The number of aryl methyl sites for hydroxylation is 1. The van der Waals surface area contributed by atoms with Gasteiger partial charge in [-0.05, 0) is 36.8 Å². The van der Waals surface area contributed by atoms with Gasteiger partial charge in [0.25, 0.3) is 0 Å². The van der Waals surface area contributed by atoms with Crippen LogP contribution in [0.5, 0.6) is 0 Å². The number of hydrogen-bond donors (Lipinski definition) is 0. The van der Waals surface area contributed by atoms with E-state index in [1.807, 2.05) is 13.0 Å². The Balaban J connectivity index is 2.49. The van der Waals surface area contributed by atoms with Crippen LogP contribution in [0.1, 0.15) is 5.69 Å². The Kier molecular flexibility index (Phi) is 2.69. The molecule has 0 N–H and O–H groups in total. The molecule has 3 heteroatoms. The van der Waals surface area contributed by atoms with Gasteiger partial charge in [0.15, 0.2) is 0 Å². The second-order valence-corrected chi connectivity index (χ2v) is 3.66. The normalized spacial score (nSPS) is 10.3. The average Bonchev–Trinajstić information content (AvgIpc) is 2.20. The van der Waals surface area contributed by atoms with Crippen molar-refractivity contribution in [2.45, 2.75) is 6.92 Å². The number of pyridine rings is 1. The van der Waals surface area contributed by atoms with Gasteiger partial charge in [0.2, 0.25) is 0 Å². The van der Waals surface area contributed by atoms with E-state index in [1.54, 1.807) is 18.2 Å². The van der Waals surface area contributed by atoms with Gasteiger partial charge >= 0.3 is 0 Å². The van der Waals surface area contributed by atoms with Crippen LogP contribution in [0.15, 0.2) is 36.4 Å². The van der Waals surface area contributed by atoms with Crippen LogP contribution < -0.4 is 0 Å². The van der Waals surface area contributed by atoms with Gasteiger partial charge in [-0.2, -0.15) is 0 Å². The van der Waals surface area contributed by atoms with E-state index in [1.165, 1.54) is 12.1 Å². The molecular formula is C12H9ClFN. The van der Waals surface area contributed by atoms with Gasteiger partial charge < -0.3 is 0 Å². The van der Waals surface area contributed by atoms with E-state index >= 15 is 0 Å². The van der Waals surface area contributed by atoms with Crippen molar-refractivity contribution in [2.24, 2.45) is 0 Å². The molecule has 1 aromatic carbocycles. The van der Waals surface area contributed by atoms with Crippen molar-refractivity contribution in [2.75, 3.05) is 0 Å². The van der Waals surface area contributed by atoms with E-state index in [-0.39, 0.29) is 5.82 Å². The summed E-state index contributed by atoms with van der Waals surface area (Å²) in [5, 5.41) is 0.471. The Morgan fingerprint density at radius 1 is 1.07 bits per heavy atom. The summed E-state index contributed by atoms with van der Waals surface area (Å²) >= 11 is 5.76. The van der Waals surface area contributed by atoms with Crippen LogP contribution in [-0.4, -0.2) is 4.98 Å². The Morgan fingerprint density at radius 3 is 2.33 bits per heavy atom. The highest BCUT2D eigenvalue weighted by Gasteiger charge is 2.03. The predicted molar refractivity (Wildman–Crippen MR) is 59.4 cm³/mol. The van der Waals surface area contributed by atoms with Gasteiger partial charge in [-0.1, -0.05) is 23.7 Å². The molecule has 1 heterocycles. The predicted octanol–water partition coefficient (Wildman–Crippen LogP) is 3.85. The fourth-order valence-electron chi connectivity index (χ4n) is 1.46. The van der Waals surface area contributed by atoms with Crippen molar-refractivity contribution in [3.8, 4) is 11.1 Å². The van der Waals surface area contributed by atoms with Gasteiger partial charge in [0.1, 0.15) is 11.0 Å². The molecule has 2 rings (SSSR count). The first kappa shape index (κ1) is 10.1. The zero-order chi connectivity index (χ0) is 10.8. The SMILES string of the molecule is Cc1nc(Cl)ccc1-c1ccc(F)cc1. The lowest BCUT2D eigenvalue weighted by molar-refractivity contribution is 0.628. The lowest BCUT2D eigenvalue weighted by atomic mass is 10.1. The zero-order valence-corrected chi connectivity index (χ0v) is 8.92. The van der Waals surface area contributed by atoms with Crippen molar-refractivity contribution in [3.05, 3.63) is 53.1 Å². The standard InChI is InChI=1S/C12H9ClFN/c1-8-11(6-7-12(13)15-8)9-2-4-10(14)5-3-9/h2-7H,1H3. The maximum absolute atomic E-state index is 12.7. The third-order valence-electron chi connectivity index (χ3n) is 2.21. The monoisotopic (exact) mass is 221 g/mol. The summed E-state index contributed by atoms with van der Waals surface area (Å²) in [7, 11) is 0. The molecule has 0 fully saturated rings. The molecule has 0 radical (unpaired) electrons. The lowest BCUT2D eigenvalue weighted by Crippen LogP contribution is -1.88. The Bertz CT molecular complexity index is 479. The van der Waals surface area contributed by atoms with Crippen LogP contribution in [0.4, 0.5) is 4.39 Å². The van der Waals surface area contributed by atoms with Gasteiger partial charge in [0, 0.05) is 11.3 Å². The van der Waals surface area contributed by atoms with Crippen LogP contribution in [0.2, 0.25) is 5.15 Å². The minimum atomic E-state index is -0.238. The Hall–Kier alpha value is -1.41. The van der Waals surface area contributed by atoms with Crippen molar-refractivity contribution in [1.82, 2.24) is 4.98 Å². The number of rotatable bonds is 1. The summed E-state index contributed by atoms with van der Waals surface area (Å²) in [6, 6.07) is 9.94. The first-order valence-electron chi connectivity index (χ1n) is 4.56. The molecule has 0 spiro atoms. The molecule has 2 aromatic rings. The van der Waals surface area contributed by atoms with Crippen LogP contribution >= 0.6 is 11.6 Å². The molecule has 0 aliphatic carbocycles. The summed E-state index contributed by atoms with van der Waals surface area (Å²) < 4.78 is 12.7. The molecule has 0 aliphatic heterocycles. The summed E-state index contributed by atoms with van der Waals surface area (Å²) in [5.74, 6) is -0.238. The highest BCUT2D eigenvalue weighted by atomic mass is 35.5. The fourth-order valence-corrected chi connectivity index (χ4v) is 1.65. The van der Waals surface area contributed by atoms with E-state index in [0.717, 1.165) is 16.8 Å². The summed E-state index contributed by atoms with van der Waals surface area (Å²) in [6.07, 6.45) is 0. The fraction of sp³-hybridized carbons (Fsp3) is 0.0833. The van der Waals surface area contributed by atoms with Gasteiger partial charge in [-0.15, -0.1) is 0 Å². The van der Waals surface area contributed by atoms with E-state index in [2.05, 4.69) is 4.98 Å². The third kappa shape index (κ3) is 2.16. The molecule has 15 heavy (non-hydrogen) atoms. The molecule has 0 atom stereocenters. The van der Waals surface area contributed by atoms with Crippen molar-refractivity contribution < 1.29 is 4.39 Å². The molecule has 0 unspecified atom stereocenters. The van der Waals surface area contributed by atoms with Crippen LogP contribution in [0.25, 0.3) is 11.1 Å². The van der Waals surface area contributed by atoms with Gasteiger partial charge in [-0.25, -0.2) is 9.37 Å². The molecule has 0 bridgehead atoms. The quantitative estimate of drug-likeness (QED) is 0.667. The number of nitrogens with zero attached hydrogens (tertiary/aromatic N) is 1. The summed E-state index contributed by atoms with van der Waals surface area (Å²) in [6.45, 7) is 1.88. The average molecular weight is 222 g/mol. The molecule has 0 amide bonds. The molecule has 0 aliphatic rings. The van der Waals surface area contributed by atoms with Crippen LogP contribution in [0, 0.1) is 12.7 Å². The maximum atomic E-state index is 12.7. The number of aromatic nitrogens is 1. The smallest absolute Gasteiger partial charge is 0.129 e. The van der Waals surface area contributed by atoms with Gasteiger partial charge in [0.05, 0.1) is 0 Å². The second kappa shape index (κ2) is 3.99. The van der Waals surface area contributed by atoms with E-state index < -0.39 is 0 Å². The van der Waals surface area contributed by atoms with Gasteiger partial charge in [-0.3, -0.25) is 0 Å². The maximum Gasteiger partial charge on any atom is 0.129 e. The van der Waals surface area contributed by atoms with Crippen molar-refractivity contribution in [3.63, 3.8) is 0 Å². The van der Waals surface area contributed by atoms with E-state index in [0.29, 0.717) is 5.15 Å². The third-order valence-corrected chi connectivity index (χ3v) is 2.42. The number of halogens is 2. The summed E-state index contributed by atoms with van der Waals surface area (Å²) in [5.41, 5.74) is 2.76. The first-order chi connectivity index (χ1) is 7.16. The largest absolute Gasteiger partial charge is 0.241 e. The molecule has 0 saturated heterocycles. The van der Waals surface area contributed by atoms with Crippen LogP contribution in [-0.2, 0) is 0 Å². The summed E-state index contributed by atoms with van der Waals surface area (Å²) in [4.78, 5) is 4.14. The number of hydrogen-bond acceptors (Lipinski definition) is 1. The second-order valence-electron chi connectivity index (χ2n) is 3.27. The van der Waals surface area contributed by atoms with E-state index in [9.17, 15) is 4.39 Å². The minimum absolute atomic E-state index is 0.238. The molecular weight excluding hydrogens is 213 g/mol. The van der Waals surface area contributed by atoms with Crippen LogP contribution in [0.3, 0.4) is 0 Å².